The molecule has 2 fully saturated rings. The molecule has 0 spiro atoms. The number of ether oxygens (including phenoxy) is 1. The third kappa shape index (κ3) is 4.24. The second-order valence-corrected chi connectivity index (χ2v) is 3.28. The van der Waals surface area contributed by atoms with Crippen molar-refractivity contribution in [2.24, 2.45) is 0 Å². The van der Waals surface area contributed by atoms with Crippen LogP contribution in [0.2, 0.25) is 0 Å². The Kier molecular flexibility index (Phi) is 4.78. The second-order valence-electron chi connectivity index (χ2n) is 3.28. The summed E-state index contributed by atoms with van der Waals surface area (Å²) in [4.78, 5) is 12.3. The summed E-state index contributed by atoms with van der Waals surface area (Å²) >= 11 is 0. The van der Waals surface area contributed by atoms with Crippen LogP contribution in [0.25, 0.3) is 0 Å². The zero-order valence-corrected chi connectivity index (χ0v) is 8.21. The van der Waals surface area contributed by atoms with Crippen LogP contribution in [-0.2, 0) is 9.53 Å². The van der Waals surface area contributed by atoms with Gasteiger partial charge in [0.2, 0.25) is 5.91 Å². The lowest BCUT2D eigenvalue weighted by Gasteiger charge is -2.10. The van der Waals surface area contributed by atoms with Crippen LogP contribution < -0.4 is 5.32 Å². The normalized spacial score (nSPS) is 22.5. The number of likely N-dealkylation sites (tertiary alicyclic amines) is 1. The molecule has 2 aliphatic heterocycles. The first kappa shape index (κ1) is 10.5. The Morgan fingerprint density at radius 1 is 1.38 bits per heavy atom. The quantitative estimate of drug-likeness (QED) is 0.572. The number of hydrogen-bond acceptors (Lipinski definition) is 3. The highest BCUT2D eigenvalue weighted by molar-refractivity contribution is 5.77. The van der Waals surface area contributed by atoms with E-state index in [0.29, 0.717) is 5.91 Å². The van der Waals surface area contributed by atoms with Gasteiger partial charge in [-0.3, -0.25) is 4.79 Å². The molecule has 4 nitrogen and oxygen atoms in total. The molecule has 2 aliphatic rings. The smallest absolute Gasteiger partial charge is 0.222 e. The highest BCUT2D eigenvalue weighted by Gasteiger charge is 2.14. The summed E-state index contributed by atoms with van der Waals surface area (Å²) in [6, 6.07) is 0. The van der Waals surface area contributed by atoms with Crippen LogP contribution in [0, 0.1) is 0 Å². The van der Waals surface area contributed by atoms with Gasteiger partial charge in [0, 0.05) is 33.1 Å². The number of nitrogens with zero attached hydrogens (tertiary/aromatic N) is 1. The maximum absolute atomic E-state index is 10.5. The molecule has 0 aliphatic carbocycles. The van der Waals surface area contributed by atoms with Crippen LogP contribution in [0.1, 0.15) is 12.8 Å². The zero-order chi connectivity index (χ0) is 9.52. The molecule has 4 heteroatoms. The number of rotatable bonds is 0. The monoisotopic (exact) mass is 186 g/mol. The van der Waals surface area contributed by atoms with E-state index in [0.717, 1.165) is 45.7 Å². The van der Waals surface area contributed by atoms with Crippen LogP contribution in [0.15, 0.2) is 0 Å². The third-order valence-electron chi connectivity index (χ3n) is 2.16. The van der Waals surface area contributed by atoms with Gasteiger partial charge in [-0.25, -0.2) is 0 Å². The van der Waals surface area contributed by atoms with E-state index in [-0.39, 0.29) is 0 Å². The average molecular weight is 186 g/mol. The molecule has 1 amide bonds. The second kappa shape index (κ2) is 5.94. The lowest BCUT2D eigenvalue weighted by Crippen LogP contribution is -2.30. The molecule has 2 heterocycles. The zero-order valence-electron chi connectivity index (χ0n) is 8.21. The number of hydrogen-bond donors (Lipinski definition) is 1. The summed E-state index contributed by atoms with van der Waals surface area (Å²) in [6.45, 7) is 4.79. The first-order chi connectivity index (χ1) is 6.30. The van der Waals surface area contributed by atoms with Crippen molar-refractivity contribution < 1.29 is 9.53 Å². The highest BCUT2D eigenvalue weighted by atomic mass is 16.5. The molecule has 13 heavy (non-hydrogen) atoms. The number of amides is 1. The van der Waals surface area contributed by atoms with E-state index < -0.39 is 0 Å². The summed E-state index contributed by atoms with van der Waals surface area (Å²) < 4.78 is 5.01. The first-order valence-corrected chi connectivity index (χ1v) is 4.83. The van der Waals surface area contributed by atoms with Gasteiger partial charge in [0.25, 0.3) is 0 Å². The van der Waals surface area contributed by atoms with Gasteiger partial charge in [-0.05, 0) is 6.42 Å². The summed E-state index contributed by atoms with van der Waals surface area (Å²) in [5, 5.41) is 3.16. The van der Waals surface area contributed by atoms with Gasteiger partial charge >= 0.3 is 0 Å². The minimum atomic E-state index is 0.292. The molecule has 2 rings (SSSR count). The SMILES string of the molecule is C1COCCN1.CN1CCCC1=O. The summed E-state index contributed by atoms with van der Waals surface area (Å²) in [6.07, 6.45) is 1.81. The van der Waals surface area contributed by atoms with Crippen LogP contribution >= 0.6 is 0 Å². The maximum Gasteiger partial charge on any atom is 0.222 e. The van der Waals surface area contributed by atoms with Gasteiger partial charge < -0.3 is 15.0 Å². The summed E-state index contributed by atoms with van der Waals surface area (Å²) in [7, 11) is 1.84. The molecule has 0 aromatic carbocycles. The van der Waals surface area contributed by atoms with E-state index in [1.165, 1.54) is 0 Å². The Bertz CT molecular complexity index is 146. The molecule has 0 saturated carbocycles. The molecular weight excluding hydrogens is 168 g/mol. The van der Waals surface area contributed by atoms with Gasteiger partial charge in [-0.15, -0.1) is 0 Å². The predicted octanol–water partition coefficient (Wildman–Crippen LogP) is -0.155. The molecule has 0 atom stereocenters. The third-order valence-corrected chi connectivity index (χ3v) is 2.16. The molecule has 0 unspecified atom stereocenters. The first-order valence-electron chi connectivity index (χ1n) is 4.83. The fraction of sp³-hybridized carbons (Fsp3) is 0.889. The van der Waals surface area contributed by atoms with Crippen molar-refractivity contribution in [3.63, 3.8) is 0 Å². The van der Waals surface area contributed by atoms with Crippen molar-refractivity contribution in [2.45, 2.75) is 12.8 Å². The van der Waals surface area contributed by atoms with Crippen LogP contribution in [-0.4, -0.2) is 50.7 Å². The molecule has 2 saturated heterocycles. The standard InChI is InChI=1S/C5H9NO.C4H9NO/c1-6-4-2-3-5(6)7;1-3-6-4-2-5-1/h2-4H2,1H3;5H,1-4H2. The Balaban J connectivity index is 0.000000132. The maximum atomic E-state index is 10.5. The van der Waals surface area contributed by atoms with Crippen LogP contribution in [0.3, 0.4) is 0 Å². The van der Waals surface area contributed by atoms with Gasteiger partial charge in [0.1, 0.15) is 0 Å². The van der Waals surface area contributed by atoms with Gasteiger partial charge in [-0.2, -0.15) is 0 Å². The van der Waals surface area contributed by atoms with Crippen molar-refractivity contribution in [1.82, 2.24) is 10.2 Å². The minimum Gasteiger partial charge on any atom is -0.379 e. The van der Waals surface area contributed by atoms with Crippen molar-refractivity contribution in [1.29, 1.82) is 0 Å². The van der Waals surface area contributed by atoms with Crippen molar-refractivity contribution in [2.75, 3.05) is 39.9 Å². The molecule has 0 bridgehead atoms. The topological polar surface area (TPSA) is 41.6 Å². The molecular formula is C9H18N2O2. The van der Waals surface area contributed by atoms with Crippen LogP contribution in [0.5, 0.6) is 0 Å². The van der Waals surface area contributed by atoms with Crippen molar-refractivity contribution in [3.05, 3.63) is 0 Å². The predicted molar refractivity (Wildman–Crippen MR) is 50.6 cm³/mol. The van der Waals surface area contributed by atoms with Crippen molar-refractivity contribution in [3.8, 4) is 0 Å². The molecule has 76 valence electrons. The fourth-order valence-electron chi connectivity index (χ4n) is 1.30. The van der Waals surface area contributed by atoms with E-state index in [9.17, 15) is 4.79 Å². The van der Waals surface area contributed by atoms with Gasteiger partial charge in [-0.1, -0.05) is 0 Å². The Labute approximate surface area is 79.2 Å². The Hall–Kier alpha value is -0.610. The highest BCUT2D eigenvalue weighted by Crippen LogP contribution is 2.04. The van der Waals surface area contributed by atoms with E-state index in [1.54, 1.807) is 4.90 Å². The summed E-state index contributed by atoms with van der Waals surface area (Å²) in [5.74, 6) is 0.292. The lowest BCUT2D eigenvalue weighted by molar-refractivity contribution is -0.126. The molecule has 0 radical (unpaired) electrons. The van der Waals surface area contributed by atoms with E-state index in [1.807, 2.05) is 7.05 Å². The summed E-state index contributed by atoms with van der Waals surface area (Å²) in [5.41, 5.74) is 0. The number of carbonyl (C=O) groups is 1. The number of morpholine rings is 1. The minimum absolute atomic E-state index is 0.292. The van der Waals surface area contributed by atoms with Crippen molar-refractivity contribution >= 4 is 5.91 Å². The lowest BCUT2D eigenvalue weighted by atomic mass is 10.4. The Morgan fingerprint density at radius 3 is 2.23 bits per heavy atom. The molecule has 1 N–H and O–H groups in total. The van der Waals surface area contributed by atoms with E-state index in [2.05, 4.69) is 5.32 Å². The fourth-order valence-corrected chi connectivity index (χ4v) is 1.30. The van der Waals surface area contributed by atoms with E-state index in [4.69, 9.17) is 4.74 Å². The van der Waals surface area contributed by atoms with E-state index >= 15 is 0 Å². The molecule has 0 aromatic rings. The molecule has 0 aromatic heterocycles. The Morgan fingerprint density at radius 2 is 2.08 bits per heavy atom. The van der Waals surface area contributed by atoms with Gasteiger partial charge in [0.15, 0.2) is 0 Å². The number of nitrogens with one attached hydrogen (secondary N) is 1. The number of carbonyl (C=O) groups excluding carboxylic acids is 1. The van der Waals surface area contributed by atoms with Gasteiger partial charge in [0.05, 0.1) is 13.2 Å². The van der Waals surface area contributed by atoms with Crippen LogP contribution in [0.4, 0.5) is 0 Å². The average Bonchev–Trinajstić information content (AvgIpc) is 2.55. The largest absolute Gasteiger partial charge is 0.379 e.